The molecule has 1 aromatic carbocycles. The van der Waals surface area contributed by atoms with Gasteiger partial charge in [0.2, 0.25) is 0 Å². The highest BCUT2D eigenvalue weighted by Crippen LogP contribution is 2.34. The maximum Gasteiger partial charge on any atom is 0.325 e. The third kappa shape index (κ3) is 6.44. The van der Waals surface area contributed by atoms with E-state index in [1.54, 1.807) is 0 Å². The fourth-order valence-corrected chi connectivity index (χ4v) is 1.92. The number of hydrogen-bond acceptors (Lipinski definition) is 3. The highest BCUT2D eigenvalue weighted by atomic mass is 31.2. The Kier molecular flexibility index (Phi) is 5.65. The molecule has 0 bridgehead atoms. The van der Waals surface area contributed by atoms with Crippen molar-refractivity contribution >= 4 is 7.60 Å². The van der Waals surface area contributed by atoms with Crippen molar-refractivity contribution in [3.63, 3.8) is 0 Å². The summed E-state index contributed by atoms with van der Waals surface area (Å²) in [6.07, 6.45) is 1.03. The lowest BCUT2D eigenvalue weighted by molar-refractivity contribution is 0.309. The van der Waals surface area contributed by atoms with Gasteiger partial charge in [-0.15, -0.1) is 0 Å². The molecule has 0 fully saturated rings. The van der Waals surface area contributed by atoms with Gasteiger partial charge in [0.25, 0.3) is 0 Å². The van der Waals surface area contributed by atoms with Gasteiger partial charge < -0.3 is 20.3 Å². The Bertz CT molecular complexity index is 374. The predicted molar refractivity (Wildman–Crippen MR) is 66.2 cm³/mol. The van der Waals surface area contributed by atoms with E-state index in [9.17, 15) is 4.57 Å². The summed E-state index contributed by atoms with van der Waals surface area (Å²) in [6.45, 7) is 0.920. The maximum absolute atomic E-state index is 10.6. The Hall–Kier alpha value is -0.870. The maximum atomic E-state index is 10.6. The number of hydrogen-bond donors (Lipinski definition) is 3. The molecule has 17 heavy (non-hydrogen) atoms. The van der Waals surface area contributed by atoms with E-state index < -0.39 is 7.60 Å². The Morgan fingerprint density at radius 1 is 1.24 bits per heavy atom. The summed E-state index contributed by atoms with van der Waals surface area (Å²) in [5.74, 6) is 0.705. The fourth-order valence-electron chi connectivity index (χ4n) is 1.38. The van der Waals surface area contributed by atoms with Crippen LogP contribution in [-0.2, 0) is 11.0 Å². The zero-order chi connectivity index (χ0) is 12.7. The van der Waals surface area contributed by atoms with Crippen molar-refractivity contribution in [2.75, 3.05) is 19.3 Å². The van der Waals surface area contributed by atoms with Crippen molar-refractivity contribution in [1.29, 1.82) is 0 Å². The van der Waals surface area contributed by atoms with Gasteiger partial charge in [-0.3, -0.25) is 4.57 Å². The quantitative estimate of drug-likeness (QED) is 0.504. The standard InChI is InChI=1S/C11H18NO4P/c12-7-6-10-2-4-11(5-3-10)16-8-1-9-17(13,14)15/h2-5H,1,6-9,12H2,(H2,13,14,15). The predicted octanol–water partition coefficient (Wildman–Crippen LogP) is 1.13. The van der Waals surface area contributed by atoms with Crippen LogP contribution in [0.15, 0.2) is 24.3 Å². The lowest BCUT2D eigenvalue weighted by Crippen LogP contribution is -2.03. The molecule has 0 saturated carbocycles. The largest absolute Gasteiger partial charge is 0.494 e. The molecule has 0 radical (unpaired) electrons. The van der Waals surface area contributed by atoms with Crippen molar-refractivity contribution in [3.05, 3.63) is 29.8 Å². The molecule has 5 nitrogen and oxygen atoms in total. The summed E-state index contributed by atoms with van der Waals surface area (Å²) in [5.41, 5.74) is 6.58. The molecule has 0 unspecified atom stereocenters. The lowest BCUT2D eigenvalue weighted by Gasteiger charge is -2.07. The molecular weight excluding hydrogens is 241 g/mol. The number of benzene rings is 1. The van der Waals surface area contributed by atoms with E-state index in [0.29, 0.717) is 25.3 Å². The van der Waals surface area contributed by atoms with Crippen molar-refractivity contribution < 1.29 is 19.1 Å². The Morgan fingerprint density at radius 3 is 2.41 bits per heavy atom. The summed E-state index contributed by atoms with van der Waals surface area (Å²) in [7, 11) is -3.90. The molecule has 0 aromatic heterocycles. The molecule has 4 N–H and O–H groups in total. The van der Waals surface area contributed by atoms with Crippen LogP contribution in [0.2, 0.25) is 0 Å². The average Bonchev–Trinajstić information content (AvgIpc) is 2.26. The van der Waals surface area contributed by atoms with Gasteiger partial charge in [-0.05, 0) is 37.1 Å². The zero-order valence-corrected chi connectivity index (χ0v) is 10.5. The second kappa shape index (κ2) is 6.77. The van der Waals surface area contributed by atoms with Crippen molar-refractivity contribution in [1.82, 2.24) is 0 Å². The topological polar surface area (TPSA) is 92.8 Å². The minimum Gasteiger partial charge on any atom is -0.494 e. The van der Waals surface area contributed by atoms with Crippen LogP contribution in [0.1, 0.15) is 12.0 Å². The monoisotopic (exact) mass is 259 g/mol. The SMILES string of the molecule is NCCc1ccc(OCCCP(=O)(O)O)cc1. The van der Waals surface area contributed by atoms with Gasteiger partial charge in [0, 0.05) is 0 Å². The van der Waals surface area contributed by atoms with Crippen molar-refractivity contribution in [2.24, 2.45) is 5.73 Å². The molecule has 0 spiro atoms. The van der Waals surface area contributed by atoms with Gasteiger partial charge in [-0.1, -0.05) is 12.1 Å². The van der Waals surface area contributed by atoms with Crippen LogP contribution in [0.4, 0.5) is 0 Å². The first-order chi connectivity index (χ1) is 8.01. The lowest BCUT2D eigenvalue weighted by atomic mass is 10.1. The number of rotatable bonds is 7. The molecule has 0 aliphatic carbocycles. The molecule has 6 heteroatoms. The van der Waals surface area contributed by atoms with E-state index in [-0.39, 0.29) is 6.16 Å². The van der Waals surface area contributed by atoms with Crippen LogP contribution < -0.4 is 10.5 Å². The fraction of sp³-hybridized carbons (Fsp3) is 0.455. The highest BCUT2D eigenvalue weighted by Gasteiger charge is 2.11. The Morgan fingerprint density at radius 2 is 1.88 bits per heavy atom. The summed E-state index contributed by atoms with van der Waals surface area (Å²) in [5, 5.41) is 0. The second-order valence-corrected chi connectivity index (χ2v) is 5.55. The second-order valence-electron chi connectivity index (χ2n) is 3.77. The van der Waals surface area contributed by atoms with Crippen molar-refractivity contribution in [2.45, 2.75) is 12.8 Å². The molecule has 0 atom stereocenters. The molecular formula is C11H18NO4P. The molecule has 0 aliphatic rings. The summed E-state index contributed by atoms with van der Waals surface area (Å²) < 4.78 is 15.9. The molecule has 96 valence electrons. The first-order valence-electron chi connectivity index (χ1n) is 5.47. The van der Waals surface area contributed by atoms with E-state index in [1.165, 1.54) is 0 Å². The third-order valence-electron chi connectivity index (χ3n) is 2.22. The molecule has 0 amide bonds. The van der Waals surface area contributed by atoms with Crippen LogP contribution >= 0.6 is 7.60 Å². The van der Waals surface area contributed by atoms with E-state index >= 15 is 0 Å². The van der Waals surface area contributed by atoms with Crippen LogP contribution in [0.5, 0.6) is 5.75 Å². The molecule has 0 saturated heterocycles. The van der Waals surface area contributed by atoms with E-state index in [0.717, 1.165) is 12.0 Å². The normalized spacial score (nSPS) is 11.5. The van der Waals surface area contributed by atoms with Crippen LogP contribution in [-0.4, -0.2) is 29.1 Å². The smallest absolute Gasteiger partial charge is 0.325 e. The van der Waals surface area contributed by atoms with E-state index in [1.807, 2.05) is 24.3 Å². The third-order valence-corrected chi connectivity index (χ3v) is 3.12. The minimum atomic E-state index is -3.90. The van der Waals surface area contributed by atoms with Crippen molar-refractivity contribution in [3.8, 4) is 5.75 Å². The van der Waals surface area contributed by atoms with Gasteiger partial charge in [0.05, 0.1) is 12.8 Å². The molecule has 1 aromatic rings. The van der Waals surface area contributed by atoms with Crippen LogP contribution in [0, 0.1) is 0 Å². The Balaban J connectivity index is 2.30. The summed E-state index contributed by atoms with van der Waals surface area (Å²) in [4.78, 5) is 17.3. The van der Waals surface area contributed by atoms with Gasteiger partial charge in [-0.2, -0.15) is 0 Å². The molecule has 0 heterocycles. The van der Waals surface area contributed by atoms with Crippen LogP contribution in [0.3, 0.4) is 0 Å². The van der Waals surface area contributed by atoms with Gasteiger partial charge in [0.15, 0.2) is 0 Å². The van der Waals surface area contributed by atoms with Gasteiger partial charge in [-0.25, -0.2) is 0 Å². The zero-order valence-electron chi connectivity index (χ0n) is 9.58. The Labute approximate surface area is 101 Å². The average molecular weight is 259 g/mol. The first kappa shape index (κ1) is 14.2. The van der Waals surface area contributed by atoms with Crippen LogP contribution in [0.25, 0.3) is 0 Å². The number of nitrogens with two attached hydrogens (primary N) is 1. The summed E-state index contributed by atoms with van der Waals surface area (Å²) >= 11 is 0. The highest BCUT2D eigenvalue weighted by molar-refractivity contribution is 7.51. The minimum absolute atomic E-state index is 0.141. The van der Waals surface area contributed by atoms with Gasteiger partial charge in [0.1, 0.15) is 5.75 Å². The van der Waals surface area contributed by atoms with Gasteiger partial charge >= 0.3 is 7.60 Å². The van der Waals surface area contributed by atoms with E-state index in [2.05, 4.69) is 0 Å². The molecule has 1 rings (SSSR count). The first-order valence-corrected chi connectivity index (χ1v) is 7.27. The van der Waals surface area contributed by atoms with E-state index in [4.69, 9.17) is 20.3 Å². The number of ether oxygens (including phenoxy) is 1. The molecule has 0 aliphatic heterocycles. The summed E-state index contributed by atoms with van der Waals surface area (Å²) in [6, 6.07) is 7.54.